The van der Waals surface area contributed by atoms with Gasteiger partial charge in [-0.15, -0.1) is 0 Å². The maximum absolute atomic E-state index is 5.62. The number of H-pyrrole nitrogens is 1. The van der Waals surface area contributed by atoms with E-state index < -0.39 is 0 Å². The average molecular weight is 476 g/mol. The van der Waals surface area contributed by atoms with E-state index in [4.69, 9.17) is 9.72 Å². The Morgan fingerprint density at radius 1 is 1.14 bits per heavy atom. The van der Waals surface area contributed by atoms with Crippen LogP contribution in [0.25, 0.3) is 27.8 Å². The van der Waals surface area contributed by atoms with Crippen LogP contribution in [-0.4, -0.2) is 68.8 Å². The Balaban J connectivity index is 1.56. The van der Waals surface area contributed by atoms with Crippen LogP contribution in [0.15, 0.2) is 24.8 Å². The number of anilines is 1. The van der Waals surface area contributed by atoms with E-state index in [-0.39, 0.29) is 0 Å². The normalized spacial score (nSPS) is 15.4. The fourth-order valence-electron chi connectivity index (χ4n) is 5.58. The Bertz CT molecular complexity index is 1340. The maximum Gasteiger partial charge on any atom is 0.197 e. The van der Waals surface area contributed by atoms with E-state index in [9.17, 15) is 0 Å². The van der Waals surface area contributed by atoms with Crippen LogP contribution in [0.4, 0.5) is 5.82 Å². The number of piperidine rings is 1. The van der Waals surface area contributed by atoms with Gasteiger partial charge in [0, 0.05) is 47.9 Å². The smallest absolute Gasteiger partial charge is 0.197 e. The van der Waals surface area contributed by atoms with Gasteiger partial charge in [0.05, 0.1) is 24.5 Å². The van der Waals surface area contributed by atoms with Gasteiger partial charge in [-0.3, -0.25) is 0 Å². The van der Waals surface area contributed by atoms with Crippen LogP contribution in [0, 0.1) is 6.92 Å². The SMILES string of the molecule is COc1cc(-c2[nH]c3cnc(N4CCC(N(C)C(C)C)CC4)c(C)c3c2C(C)C)cn2ncnc12. The Kier molecular flexibility index (Phi) is 6.17. The largest absolute Gasteiger partial charge is 0.493 e. The molecule has 4 aromatic rings. The Labute approximate surface area is 207 Å². The first-order valence-electron chi connectivity index (χ1n) is 12.7. The van der Waals surface area contributed by atoms with Crippen LogP contribution in [0.5, 0.6) is 5.75 Å². The zero-order chi connectivity index (χ0) is 24.9. The summed E-state index contributed by atoms with van der Waals surface area (Å²) in [6.45, 7) is 13.4. The predicted octanol–water partition coefficient (Wildman–Crippen LogP) is 5.02. The molecule has 5 heterocycles. The first-order valence-corrected chi connectivity index (χ1v) is 12.7. The first kappa shape index (κ1) is 23.6. The standard InChI is InChI=1S/C27H37N7O/c1-16(2)23-24-18(5)26(33-10-8-20(9-11-33)32(6)17(3)4)28-13-21(24)31-25(23)19-12-22(35-7)27-29-15-30-34(27)14-19/h12-17,20,31H,8-11H2,1-7H3. The predicted molar refractivity (Wildman–Crippen MR) is 142 cm³/mol. The molecule has 1 saturated heterocycles. The summed E-state index contributed by atoms with van der Waals surface area (Å²) in [5, 5.41) is 5.63. The number of aromatic nitrogens is 5. The Hall–Kier alpha value is -3.13. The Morgan fingerprint density at radius 2 is 1.89 bits per heavy atom. The molecule has 1 N–H and O–H groups in total. The van der Waals surface area contributed by atoms with Crippen molar-refractivity contribution in [3.63, 3.8) is 0 Å². The number of rotatable bonds is 6. The second-order valence-corrected chi connectivity index (χ2v) is 10.4. The fraction of sp³-hybridized carbons (Fsp3) is 0.519. The summed E-state index contributed by atoms with van der Waals surface area (Å²) >= 11 is 0. The molecule has 8 nitrogen and oxygen atoms in total. The first-order chi connectivity index (χ1) is 16.8. The molecule has 0 amide bonds. The molecule has 1 fully saturated rings. The van der Waals surface area contributed by atoms with Gasteiger partial charge >= 0.3 is 0 Å². The number of methoxy groups -OCH3 is 1. The topological polar surface area (TPSA) is 74.6 Å². The highest BCUT2D eigenvalue weighted by Crippen LogP contribution is 2.40. The van der Waals surface area contributed by atoms with E-state index in [0.29, 0.717) is 29.4 Å². The van der Waals surface area contributed by atoms with E-state index in [1.54, 1.807) is 18.0 Å². The summed E-state index contributed by atoms with van der Waals surface area (Å²) < 4.78 is 7.40. The van der Waals surface area contributed by atoms with Gasteiger partial charge in [0.15, 0.2) is 11.4 Å². The molecule has 0 aliphatic carbocycles. The zero-order valence-electron chi connectivity index (χ0n) is 22.0. The molecule has 0 bridgehead atoms. The van der Waals surface area contributed by atoms with Crippen molar-refractivity contribution in [1.29, 1.82) is 0 Å². The molecule has 1 aliphatic rings. The molecular formula is C27H37N7O. The summed E-state index contributed by atoms with van der Waals surface area (Å²) in [7, 11) is 3.92. The minimum Gasteiger partial charge on any atom is -0.493 e. The van der Waals surface area contributed by atoms with Gasteiger partial charge in [-0.05, 0) is 58.2 Å². The van der Waals surface area contributed by atoms with E-state index in [1.165, 1.54) is 29.4 Å². The third-order valence-corrected chi connectivity index (χ3v) is 7.68. The lowest BCUT2D eigenvalue weighted by atomic mass is 9.94. The van der Waals surface area contributed by atoms with Gasteiger partial charge in [0.25, 0.3) is 0 Å². The van der Waals surface area contributed by atoms with Crippen LogP contribution in [0.1, 0.15) is 57.6 Å². The number of hydrogen-bond acceptors (Lipinski definition) is 6. The molecule has 186 valence electrons. The van der Waals surface area contributed by atoms with Gasteiger partial charge in [0.2, 0.25) is 0 Å². The van der Waals surface area contributed by atoms with Crippen molar-refractivity contribution in [2.45, 2.75) is 65.5 Å². The number of fused-ring (bicyclic) bond motifs is 2. The van der Waals surface area contributed by atoms with E-state index in [0.717, 1.165) is 35.7 Å². The number of hydrogen-bond donors (Lipinski definition) is 1. The second-order valence-electron chi connectivity index (χ2n) is 10.4. The van der Waals surface area contributed by atoms with Crippen LogP contribution in [-0.2, 0) is 0 Å². The summed E-state index contributed by atoms with van der Waals surface area (Å²) in [6.07, 6.45) is 7.91. The number of nitrogens with one attached hydrogen (secondary N) is 1. The van der Waals surface area contributed by atoms with Crippen LogP contribution in [0.2, 0.25) is 0 Å². The quantitative estimate of drug-likeness (QED) is 0.422. The van der Waals surface area contributed by atoms with Crippen molar-refractivity contribution in [1.82, 2.24) is 29.5 Å². The minimum absolute atomic E-state index is 0.329. The summed E-state index contributed by atoms with van der Waals surface area (Å²) in [5.41, 5.74) is 6.45. The maximum atomic E-state index is 5.62. The van der Waals surface area contributed by atoms with E-state index in [2.05, 4.69) is 66.5 Å². The molecule has 4 aromatic heterocycles. The van der Waals surface area contributed by atoms with Gasteiger partial charge in [-0.1, -0.05) is 13.8 Å². The zero-order valence-corrected chi connectivity index (χ0v) is 22.0. The monoisotopic (exact) mass is 475 g/mol. The minimum atomic E-state index is 0.329. The van der Waals surface area contributed by atoms with Crippen molar-refractivity contribution in [2.75, 3.05) is 32.1 Å². The highest BCUT2D eigenvalue weighted by Gasteiger charge is 2.27. The van der Waals surface area contributed by atoms with Crippen molar-refractivity contribution in [3.8, 4) is 17.0 Å². The lowest BCUT2D eigenvalue weighted by Crippen LogP contribution is -2.46. The number of aryl methyl sites for hydroxylation is 1. The van der Waals surface area contributed by atoms with Crippen LogP contribution in [0.3, 0.4) is 0 Å². The summed E-state index contributed by atoms with van der Waals surface area (Å²) in [5.74, 6) is 2.15. The molecule has 0 unspecified atom stereocenters. The highest BCUT2D eigenvalue weighted by atomic mass is 16.5. The third-order valence-electron chi connectivity index (χ3n) is 7.68. The van der Waals surface area contributed by atoms with Gasteiger partial charge < -0.3 is 19.5 Å². The second kappa shape index (κ2) is 9.15. The number of aromatic amines is 1. The molecule has 0 saturated carbocycles. The lowest BCUT2D eigenvalue weighted by Gasteiger charge is -2.39. The van der Waals surface area contributed by atoms with E-state index >= 15 is 0 Å². The number of ether oxygens (including phenoxy) is 1. The number of nitrogens with zero attached hydrogens (tertiary/aromatic N) is 6. The van der Waals surface area contributed by atoms with Crippen molar-refractivity contribution >= 4 is 22.4 Å². The van der Waals surface area contributed by atoms with Crippen LogP contribution >= 0.6 is 0 Å². The van der Waals surface area contributed by atoms with Crippen molar-refractivity contribution < 1.29 is 4.74 Å². The lowest BCUT2D eigenvalue weighted by molar-refractivity contribution is 0.168. The van der Waals surface area contributed by atoms with Crippen LogP contribution < -0.4 is 9.64 Å². The molecule has 0 aromatic carbocycles. The number of pyridine rings is 2. The van der Waals surface area contributed by atoms with Gasteiger partial charge in [-0.2, -0.15) is 5.10 Å². The average Bonchev–Trinajstić information content (AvgIpc) is 3.48. The molecule has 8 heteroatoms. The molecule has 0 atom stereocenters. The molecule has 0 radical (unpaired) electrons. The highest BCUT2D eigenvalue weighted by molar-refractivity contribution is 5.95. The summed E-state index contributed by atoms with van der Waals surface area (Å²) in [4.78, 5) is 17.9. The molecular weight excluding hydrogens is 438 g/mol. The van der Waals surface area contributed by atoms with Gasteiger partial charge in [-0.25, -0.2) is 14.5 Å². The summed E-state index contributed by atoms with van der Waals surface area (Å²) in [6, 6.07) is 3.26. The fourth-order valence-corrected chi connectivity index (χ4v) is 5.58. The molecule has 1 aliphatic heterocycles. The van der Waals surface area contributed by atoms with Crippen molar-refractivity contribution in [3.05, 3.63) is 35.9 Å². The van der Waals surface area contributed by atoms with Gasteiger partial charge in [0.1, 0.15) is 12.1 Å². The Morgan fingerprint density at radius 3 is 2.54 bits per heavy atom. The molecule has 5 rings (SSSR count). The molecule has 35 heavy (non-hydrogen) atoms. The third kappa shape index (κ3) is 4.03. The van der Waals surface area contributed by atoms with E-state index in [1.807, 2.05) is 18.5 Å². The molecule has 0 spiro atoms. The van der Waals surface area contributed by atoms with Crippen molar-refractivity contribution in [2.24, 2.45) is 0 Å².